The van der Waals surface area contributed by atoms with Crippen molar-refractivity contribution in [1.82, 2.24) is 0 Å². The summed E-state index contributed by atoms with van der Waals surface area (Å²) in [5, 5.41) is 0. The number of hydrogen-bond acceptors (Lipinski definition) is 2. The van der Waals surface area contributed by atoms with Crippen LogP contribution >= 0.6 is 15.9 Å². The molecule has 1 aromatic rings. The van der Waals surface area contributed by atoms with Crippen molar-refractivity contribution in [3.05, 3.63) is 23.5 Å². The molecule has 0 heterocycles. The Hall–Kier alpha value is -0.770. The second-order valence-electron chi connectivity index (χ2n) is 5.78. The fourth-order valence-electron chi connectivity index (χ4n) is 3.12. The van der Waals surface area contributed by atoms with Crippen molar-refractivity contribution in [2.24, 2.45) is 5.92 Å². The molecule has 21 heavy (non-hydrogen) atoms. The van der Waals surface area contributed by atoms with E-state index < -0.39 is 0 Å². The van der Waals surface area contributed by atoms with Crippen molar-refractivity contribution < 1.29 is 13.9 Å². The Morgan fingerprint density at radius 2 is 1.76 bits per heavy atom. The number of hydrogen-bond donors (Lipinski definition) is 0. The fraction of sp³-hybridized carbons (Fsp3) is 0.647. The van der Waals surface area contributed by atoms with Crippen LogP contribution in [0.15, 0.2) is 12.1 Å². The van der Waals surface area contributed by atoms with Crippen molar-refractivity contribution in [3.8, 4) is 11.5 Å². The highest BCUT2D eigenvalue weighted by Crippen LogP contribution is 2.39. The Morgan fingerprint density at radius 1 is 1.14 bits per heavy atom. The maximum absolute atomic E-state index is 14.2. The van der Waals surface area contributed by atoms with Gasteiger partial charge in [-0.1, -0.05) is 48.0 Å². The highest BCUT2D eigenvalue weighted by Gasteiger charge is 2.20. The zero-order chi connectivity index (χ0) is 15.2. The van der Waals surface area contributed by atoms with Gasteiger partial charge in [0.2, 0.25) is 0 Å². The zero-order valence-corrected chi connectivity index (χ0v) is 14.4. The summed E-state index contributed by atoms with van der Waals surface area (Å²) in [4.78, 5) is 0.0271. The van der Waals surface area contributed by atoms with Gasteiger partial charge in [-0.3, -0.25) is 0 Å². The van der Waals surface area contributed by atoms with Crippen molar-refractivity contribution >= 4 is 15.9 Å². The lowest BCUT2D eigenvalue weighted by atomic mass is 9.85. The van der Waals surface area contributed by atoms with Crippen molar-refractivity contribution in [1.29, 1.82) is 0 Å². The monoisotopic (exact) mass is 358 g/mol. The highest BCUT2D eigenvalue weighted by molar-refractivity contribution is 9.09. The van der Waals surface area contributed by atoms with Crippen LogP contribution in [0.25, 0.3) is 0 Å². The van der Waals surface area contributed by atoms with Crippen LogP contribution in [0.1, 0.15) is 55.3 Å². The van der Waals surface area contributed by atoms with Gasteiger partial charge in [0.25, 0.3) is 0 Å². The van der Waals surface area contributed by atoms with Crippen LogP contribution in [0.4, 0.5) is 4.39 Å². The first-order chi connectivity index (χ1) is 10.2. The van der Waals surface area contributed by atoms with E-state index in [4.69, 9.17) is 9.47 Å². The maximum Gasteiger partial charge on any atom is 0.163 e. The summed E-state index contributed by atoms with van der Waals surface area (Å²) >= 11 is 3.64. The summed E-state index contributed by atoms with van der Waals surface area (Å²) in [6, 6.07) is 3.15. The Kier molecular flexibility index (Phi) is 6.34. The van der Waals surface area contributed by atoms with E-state index in [0.29, 0.717) is 17.1 Å². The highest BCUT2D eigenvalue weighted by atomic mass is 79.9. The van der Waals surface area contributed by atoms with E-state index in [1.54, 1.807) is 13.2 Å². The molecule has 0 radical (unpaired) electrons. The molecule has 1 aromatic carbocycles. The van der Waals surface area contributed by atoms with E-state index in [1.165, 1.54) is 45.3 Å². The van der Waals surface area contributed by atoms with Crippen LogP contribution in [-0.4, -0.2) is 14.2 Å². The lowest BCUT2D eigenvalue weighted by Crippen LogP contribution is -2.07. The Balaban J connectivity index is 2.02. The summed E-state index contributed by atoms with van der Waals surface area (Å²) in [6.45, 7) is 0. The minimum absolute atomic E-state index is 0.0271. The van der Waals surface area contributed by atoms with Crippen LogP contribution in [0.5, 0.6) is 11.5 Å². The first kappa shape index (κ1) is 16.6. The molecule has 2 nitrogen and oxygen atoms in total. The van der Waals surface area contributed by atoms with Gasteiger partial charge in [0, 0.05) is 16.5 Å². The van der Waals surface area contributed by atoms with Crippen LogP contribution in [0, 0.1) is 11.7 Å². The minimum Gasteiger partial charge on any atom is -0.493 e. The Morgan fingerprint density at radius 3 is 2.38 bits per heavy atom. The Labute approximate surface area is 135 Å². The molecule has 1 saturated carbocycles. The molecular weight excluding hydrogens is 335 g/mol. The van der Waals surface area contributed by atoms with Gasteiger partial charge in [0.15, 0.2) is 11.5 Å². The van der Waals surface area contributed by atoms with E-state index in [-0.39, 0.29) is 10.6 Å². The molecule has 0 saturated heterocycles. The normalized spacial score (nSPS) is 17.5. The minimum atomic E-state index is -0.238. The smallest absolute Gasteiger partial charge is 0.163 e. The molecule has 0 amide bonds. The molecule has 4 heteroatoms. The molecule has 0 aromatic heterocycles. The van der Waals surface area contributed by atoms with Crippen molar-refractivity contribution in [2.45, 2.75) is 49.8 Å². The third kappa shape index (κ3) is 4.35. The summed E-state index contributed by atoms with van der Waals surface area (Å²) in [7, 11) is 3.09. The summed E-state index contributed by atoms with van der Waals surface area (Å²) in [5.41, 5.74) is 0.656. The van der Waals surface area contributed by atoms with Crippen LogP contribution in [0.3, 0.4) is 0 Å². The standard InChI is InChI=1S/C17H24BrFO2/c1-20-16-10-13(15(19)11-17(16)21-2)14(18)9-8-12-6-4-3-5-7-12/h10-12,14H,3-9H2,1-2H3. The fourth-order valence-corrected chi connectivity index (χ4v) is 3.74. The second-order valence-corrected chi connectivity index (χ2v) is 6.88. The van der Waals surface area contributed by atoms with Gasteiger partial charge in [-0.25, -0.2) is 4.39 Å². The third-order valence-corrected chi connectivity index (χ3v) is 5.34. The predicted molar refractivity (Wildman–Crippen MR) is 87.0 cm³/mol. The zero-order valence-electron chi connectivity index (χ0n) is 12.8. The molecule has 0 bridgehead atoms. The topological polar surface area (TPSA) is 18.5 Å². The molecule has 0 aliphatic heterocycles. The average molecular weight is 359 g/mol. The molecule has 0 N–H and O–H groups in total. The van der Waals surface area contributed by atoms with E-state index in [0.717, 1.165) is 18.8 Å². The van der Waals surface area contributed by atoms with E-state index in [1.807, 2.05) is 0 Å². The summed E-state index contributed by atoms with van der Waals surface area (Å²) < 4.78 is 24.6. The number of halogens is 2. The van der Waals surface area contributed by atoms with Gasteiger partial charge in [0.05, 0.1) is 14.2 Å². The lowest BCUT2D eigenvalue weighted by Gasteiger charge is -2.23. The first-order valence-corrected chi connectivity index (χ1v) is 8.62. The van der Waals surface area contributed by atoms with Crippen LogP contribution < -0.4 is 9.47 Å². The molecule has 118 valence electrons. The van der Waals surface area contributed by atoms with Crippen LogP contribution in [0.2, 0.25) is 0 Å². The van der Waals surface area contributed by atoms with Gasteiger partial charge >= 0.3 is 0 Å². The third-order valence-electron chi connectivity index (χ3n) is 4.39. The van der Waals surface area contributed by atoms with Gasteiger partial charge in [0.1, 0.15) is 5.82 Å². The predicted octanol–water partition coefficient (Wildman–Crippen LogP) is 5.64. The van der Waals surface area contributed by atoms with E-state index >= 15 is 0 Å². The largest absolute Gasteiger partial charge is 0.493 e. The lowest BCUT2D eigenvalue weighted by molar-refractivity contribution is 0.331. The molecule has 1 aliphatic rings. The molecule has 1 unspecified atom stereocenters. The van der Waals surface area contributed by atoms with Crippen molar-refractivity contribution in [2.75, 3.05) is 14.2 Å². The van der Waals surface area contributed by atoms with Crippen molar-refractivity contribution in [3.63, 3.8) is 0 Å². The molecule has 1 aliphatic carbocycles. The van der Waals surface area contributed by atoms with Gasteiger partial charge in [-0.15, -0.1) is 0 Å². The van der Waals surface area contributed by atoms with Crippen LogP contribution in [-0.2, 0) is 0 Å². The summed E-state index contributed by atoms with van der Waals surface area (Å²) in [5.74, 6) is 1.59. The average Bonchev–Trinajstić information content (AvgIpc) is 2.53. The molecule has 0 spiro atoms. The number of alkyl halides is 1. The van der Waals surface area contributed by atoms with Gasteiger partial charge < -0.3 is 9.47 Å². The van der Waals surface area contributed by atoms with Gasteiger partial charge in [-0.05, 0) is 24.8 Å². The number of rotatable bonds is 6. The van der Waals surface area contributed by atoms with E-state index in [9.17, 15) is 4.39 Å². The van der Waals surface area contributed by atoms with Gasteiger partial charge in [-0.2, -0.15) is 0 Å². The Bertz CT molecular complexity index is 458. The van der Waals surface area contributed by atoms with E-state index in [2.05, 4.69) is 15.9 Å². The second kappa shape index (κ2) is 8.02. The molecular formula is C17H24BrFO2. The molecule has 2 rings (SSSR count). The SMILES string of the molecule is COc1cc(F)c(C(Br)CCC2CCCCC2)cc1OC. The number of ether oxygens (including phenoxy) is 2. The maximum atomic E-state index is 14.2. The molecule has 1 fully saturated rings. The number of methoxy groups -OCH3 is 2. The first-order valence-electron chi connectivity index (χ1n) is 7.71. The quantitative estimate of drug-likeness (QED) is 0.612. The number of benzene rings is 1. The summed E-state index contributed by atoms with van der Waals surface area (Å²) in [6.07, 6.45) is 8.84. The molecule has 1 atom stereocenters.